The summed E-state index contributed by atoms with van der Waals surface area (Å²) in [4.78, 5) is 54.3. The lowest BCUT2D eigenvalue weighted by molar-refractivity contribution is -0.143. The molecular formula is C30H41FN4O7. The van der Waals surface area contributed by atoms with Crippen molar-refractivity contribution in [1.82, 2.24) is 14.8 Å². The van der Waals surface area contributed by atoms with E-state index < -0.39 is 28.8 Å². The Morgan fingerprint density at radius 1 is 1.17 bits per heavy atom. The number of rotatable bonds is 9. The number of carbonyl (C=O) groups excluding carboxylic acids is 3. The lowest BCUT2D eigenvalue weighted by Crippen LogP contribution is -2.55. The predicted octanol–water partition coefficient (Wildman–Crippen LogP) is 4.00. The van der Waals surface area contributed by atoms with Crippen molar-refractivity contribution >= 4 is 34.6 Å². The SMILES string of the molecule is CCOC(=O)CCCNC(=O)c1cn(C2CC2)c2c(OC)c(N3CCN(C(=O)OC(C)(C)C)C(C)C3)c(F)cc2c1=O. The van der Waals surface area contributed by atoms with E-state index in [0.29, 0.717) is 31.6 Å². The second kappa shape index (κ2) is 12.6. The first-order valence-corrected chi connectivity index (χ1v) is 14.5. The quantitative estimate of drug-likeness (QED) is 0.345. The van der Waals surface area contributed by atoms with Crippen LogP contribution in [0.2, 0.25) is 0 Å². The van der Waals surface area contributed by atoms with Gasteiger partial charge in [-0.3, -0.25) is 14.4 Å². The summed E-state index contributed by atoms with van der Waals surface area (Å²) in [7, 11) is 1.43. The number of aromatic nitrogens is 1. The number of hydrogen-bond acceptors (Lipinski definition) is 8. The Bertz CT molecular complexity index is 1410. The third-order valence-electron chi connectivity index (χ3n) is 7.31. The van der Waals surface area contributed by atoms with Gasteiger partial charge in [0.15, 0.2) is 11.6 Å². The summed E-state index contributed by atoms with van der Waals surface area (Å²) >= 11 is 0. The Balaban J connectivity index is 1.64. The number of esters is 1. The van der Waals surface area contributed by atoms with Crippen molar-refractivity contribution in [3.05, 3.63) is 33.9 Å². The highest BCUT2D eigenvalue weighted by atomic mass is 19.1. The second-order valence-corrected chi connectivity index (χ2v) is 11.8. The molecule has 1 aromatic heterocycles. The van der Waals surface area contributed by atoms with Gasteiger partial charge in [0, 0.05) is 50.9 Å². The smallest absolute Gasteiger partial charge is 0.410 e. The molecule has 1 N–H and O–H groups in total. The lowest BCUT2D eigenvalue weighted by Gasteiger charge is -2.41. The van der Waals surface area contributed by atoms with Gasteiger partial charge in [-0.15, -0.1) is 0 Å². The molecule has 1 aliphatic heterocycles. The maximum Gasteiger partial charge on any atom is 0.410 e. The van der Waals surface area contributed by atoms with Crippen molar-refractivity contribution in [3.8, 4) is 5.75 Å². The van der Waals surface area contributed by atoms with Crippen LogP contribution in [-0.2, 0) is 14.3 Å². The van der Waals surface area contributed by atoms with Gasteiger partial charge in [-0.2, -0.15) is 0 Å². The Labute approximate surface area is 244 Å². The van der Waals surface area contributed by atoms with Crippen LogP contribution in [0.15, 0.2) is 17.1 Å². The fourth-order valence-electron chi connectivity index (χ4n) is 5.25. The number of halogens is 1. The van der Waals surface area contributed by atoms with Gasteiger partial charge in [-0.25, -0.2) is 9.18 Å². The van der Waals surface area contributed by atoms with Gasteiger partial charge in [0.05, 0.1) is 24.6 Å². The summed E-state index contributed by atoms with van der Waals surface area (Å²) in [5.41, 5.74) is -0.684. The number of nitrogens with one attached hydrogen (secondary N) is 1. The molecule has 2 aromatic rings. The van der Waals surface area contributed by atoms with E-state index in [2.05, 4.69) is 5.32 Å². The minimum absolute atomic E-state index is 0.0404. The first-order chi connectivity index (χ1) is 19.9. The third kappa shape index (κ3) is 6.79. The van der Waals surface area contributed by atoms with Crippen LogP contribution in [0.5, 0.6) is 5.75 Å². The van der Waals surface area contributed by atoms with Crippen LogP contribution >= 0.6 is 0 Å². The van der Waals surface area contributed by atoms with Crippen LogP contribution in [0.1, 0.15) is 76.7 Å². The van der Waals surface area contributed by atoms with Gasteiger partial charge in [-0.1, -0.05) is 0 Å². The fourth-order valence-corrected chi connectivity index (χ4v) is 5.25. The van der Waals surface area contributed by atoms with Crippen molar-refractivity contribution in [2.75, 3.05) is 44.8 Å². The van der Waals surface area contributed by atoms with Crippen molar-refractivity contribution in [2.24, 2.45) is 0 Å². The zero-order valence-corrected chi connectivity index (χ0v) is 25.3. The number of pyridine rings is 1. The van der Waals surface area contributed by atoms with Gasteiger partial charge < -0.3 is 33.9 Å². The number of carbonyl (C=O) groups is 3. The normalized spacial score (nSPS) is 17.3. The first-order valence-electron chi connectivity index (χ1n) is 14.5. The summed E-state index contributed by atoms with van der Waals surface area (Å²) in [5.74, 6) is -1.37. The number of piperazine rings is 1. The Morgan fingerprint density at radius 2 is 1.88 bits per heavy atom. The number of ether oxygens (including phenoxy) is 3. The molecule has 4 rings (SSSR count). The zero-order chi connectivity index (χ0) is 30.8. The number of fused-ring (bicyclic) bond motifs is 1. The van der Waals surface area contributed by atoms with E-state index in [-0.39, 0.29) is 60.0 Å². The largest absolute Gasteiger partial charge is 0.492 e. The fraction of sp³-hybridized carbons (Fsp3) is 0.600. The number of benzene rings is 1. The maximum absolute atomic E-state index is 15.9. The van der Waals surface area contributed by atoms with Gasteiger partial charge >= 0.3 is 12.1 Å². The van der Waals surface area contributed by atoms with Crippen molar-refractivity contribution < 1.29 is 33.0 Å². The number of methoxy groups -OCH3 is 1. The molecule has 230 valence electrons. The van der Waals surface area contributed by atoms with Gasteiger partial charge in [0.25, 0.3) is 5.91 Å². The highest BCUT2D eigenvalue weighted by Gasteiger charge is 2.35. The third-order valence-corrected chi connectivity index (χ3v) is 7.31. The summed E-state index contributed by atoms with van der Waals surface area (Å²) in [6, 6.07) is 0.948. The maximum atomic E-state index is 15.9. The summed E-state index contributed by atoms with van der Waals surface area (Å²) in [6.45, 7) is 10.5. The summed E-state index contributed by atoms with van der Waals surface area (Å²) < 4.78 is 33.9. The minimum atomic E-state index is -0.649. The van der Waals surface area contributed by atoms with E-state index in [0.717, 1.165) is 12.8 Å². The van der Waals surface area contributed by atoms with Crippen molar-refractivity contribution in [2.45, 2.75) is 78.0 Å². The molecule has 1 atom stereocenters. The molecule has 11 nitrogen and oxygen atoms in total. The van der Waals surface area contributed by atoms with Crippen LogP contribution < -0.4 is 20.4 Å². The number of hydrogen-bond donors (Lipinski definition) is 1. The first kappa shape index (κ1) is 31.1. The van der Waals surface area contributed by atoms with E-state index in [9.17, 15) is 19.2 Å². The summed E-state index contributed by atoms with van der Waals surface area (Å²) in [6.07, 6.45) is 3.31. The molecule has 0 radical (unpaired) electrons. The van der Waals surface area contributed by atoms with E-state index in [4.69, 9.17) is 14.2 Å². The molecule has 1 aromatic carbocycles. The number of anilines is 1. The van der Waals surface area contributed by atoms with E-state index in [1.165, 1.54) is 19.4 Å². The highest BCUT2D eigenvalue weighted by molar-refractivity contribution is 6.00. The second-order valence-electron chi connectivity index (χ2n) is 11.8. The van der Waals surface area contributed by atoms with E-state index in [1.54, 1.807) is 11.8 Å². The standard InChI is InChI=1S/C30H41FN4O7/c1-7-41-23(36)9-8-12-32-28(38)21-17-35(19-10-11-19)24-20(26(21)37)15-22(31)25(27(24)40-6)33-13-14-34(18(2)16-33)29(39)42-30(3,4)5/h15,17-19H,7-14,16H2,1-6H3,(H,32,38). The molecule has 2 aliphatic rings. The van der Waals surface area contributed by atoms with Crippen LogP contribution in [0, 0.1) is 5.82 Å². The van der Waals surface area contributed by atoms with Crippen LogP contribution in [0.25, 0.3) is 10.9 Å². The Hall–Kier alpha value is -3.83. The minimum Gasteiger partial charge on any atom is -0.492 e. The number of nitrogens with zero attached hydrogens (tertiary/aromatic N) is 3. The van der Waals surface area contributed by atoms with Gasteiger partial charge in [0.2, 0.25) is 5.43 Å². The Morgan fingerprint density at radius 3 is 2.48 bits per heavy atom. The molecule has 2 amide bonds. The Kier molecular flexibility index (Phi) is 9.32. The van der Waals surface area contributed by atoms with Crippen LogP contribution in [0.4, 0.5) is 14.9 Å². The molecule has 12 heteroatoms. The van der Waals surface area contributed by atoms with Crippen molar-refractivity contribution in [3.63, 3.8) is 0 Å². The molecule has 0 bridgehead atoms. The van der Waals surface area contributed by atoms with E-state index >= 15 is 4.39 Å². The average Bonchev–Trinajstić information content (AvgIpc) is 3.75. The summed E-state index contributed by atoms with van der Waals surface area (Å²) in [5, 5.41) is 2.75. The molecule has 1 unspecified atom stereocenters. The monoisotopic (exact) mass is 588 g/mol. The number of amides is 2. The highest BCUT2D eigenvalue weighted by Crippen LogP contribution is 2.44. The van der Waals surface area contributed by atoms with Gasteiger partial charge in [-0.05, 0) is 59.9 Å². The van der Waals surface area contributed by atoms with E-state index in [1.807, 2.05) is 37.2 Å². The molecule has 1 aliphatic carbocycles. The van der Waals surface area contributed by atoms with Crippen LogP contribution in [0.3, 0.4) is 0 Å². The lowest BCUT2D eigenvalue weighted by atomic mass is 10.1. The molecule has 0 spiro atoms. The van der Waals surface area contributed by atoms with Gasteiger partial charge in [0.1, 0.15) is 16.9 Å². The van der Waals surface area contributed by atoms with Crippen LogP contribution in [-0.4, -0.2) is 79.0 Å². The predicted molar refractivity (Wildman–Crippen MR) is 156 cm³/mol. The topological polar surface area (TPSA) is 119 Å². The molecule has 1 saturated heterocycles. The average molecular weight is 589 g/mol. The van der Waals surface area contributed by atoms with Crippen molar-refractivity contribution in [1.29, 1.82) is 0 Å². The molecule has 2 heterocycles. The molecule has 2 fully saturated rings. The molecule has 42 heavy (non-hydrogen) atoms. The zero-order valence-electron chi connectivity index (χ0n) is 25.3. The molecule has 1 saturated carbocycles. The molecular weight excluding hydrogens is 547 g/mol.